The van der Waals surface area contributed by atoms with Crippen LogP contribution in [-0.4, -0.2) is 52.0 Å². The maximum absolute atomic E-state index is 12.3. The summed E-state index contributed by atoms with van der Waals surface area (Å²) in [6.07, 6.45) is 0. The molecule has 0 amide bonds. The van der Waals surface area contributed by atoms with Crippen LogP contribution in [0.5, 0.6) is 0 Å². The van der Waals surface area contributed by atoms with Crippen molar-refractivity contribution in [3.63, 3.8) is 0 Å². The van der Waals surface area contributed by atoms with Gasteiger partial charge in [-0.05, 0) is 19.1 Å². The van der Waals surface area contributed by atoms with Gasteiger partial charge in [0.1, 0.15) is 0 Å². The number of aryl methyl sites for hydroxylation is 1. The molecule has 1 aliphatic rings. The van der Waals surface area contributed by atoms with Crippen molar-refractivity contribution in [3.05, 3.63) is 29.3 Å². The van der Waals surface area contributed by atoms with Crippen LogP contribution >= 0.6 is 0 Å². The molecule has 1 aromatic carbocycles. The molecule has 0 bridgehead atoms. The number of nitrogens with one attached hydrogen (secondary N) is 2. The van der Waals surface area contributed by atoms with Crippen molar-refractivity contribution in [3.8, 4) is 0 Å². The quantitative estimate of drug-likeness (QED) is 0.783. The first-order valence-corrected chi connectivity index (χ1v) is 8.05. The van der Waals surface area contributed by atoms with Crippen molar-refractivity contribution < 1.29 is 17.9 Å². The van der Waals surface area contributed by atoms with Crippen molar-refractivity contribution in [1.29, 1.82) is 0 Å². The van der Waals surface area contributed by atoms with E-state index in [0.29, 0.717) is 26.2 Å². The number of piperazine rings is 1. The highest BCUT2D eigenvalue weighted by Crippen LogP contribution is 2.20. The molecule has 8 heteroatoms. The van der Waals surface area contributed by atoms with E-state index in [-0.39, 0.29) is 11.3 Å². The summed E-state index contributed by atoms with van der Waals surface area (Å²) >= 11 is 0. The van der Waals surface area contributed by atoms with Crippen LogP contribution in [0, 0.1) is 6.92 Å². The molecule has 2 rings (SSSR count). The van der Waals surface area contributed by atoms with Gasteiger partial charge in [0.25, 0.3) is 0 Å². The Kier molecular flexibility index (Phi) is 4.81. The second kappa shape index (κ2) is 6.42. The zero-order valence-corrected chi connectivity index (χ0v) is 12.9. The predicted octanol–water partition coefficient (Wildman–Crippen LogP) is 0.344. The van der Waals surface area contributed by atoms with Crippen molar-refractivity contribution in [2.75, 3.05) is 38.0 Å². The standard InChI is InChI=1S/C13H19N3O4S/c1-10-3-4-12(11(9-10)13(17)20-2)15-21(18,19)16-7-5-14-6-8-16/h3-4,9,14-15H,5-8H2,1-2H3. The fraction of sp³-hybridized carbons (Fsp3) is 0.462. The minimum Gasteiger partial charge on any atom is -0.465 e. The molecule has 1 heterocycles. The number of benzene rings is 1. The number of methoxy groups -OCH3 is 1. The predicted molar refractivity (Wildman–Crippen MR) is 79.5 cm³/mol. The van der Waals surface area contributed by atoms with E-state index in [0.717, 1.165) is 5.56 Å². The summed E-state index contributed by atoms with van der Waals surface area (Å²) < 4.78 is 33.2. The summed E-state index contributed by atoms with van der Waals surface area (Å²) in [5, 5.41) is 3.09. The Balaban J connectivity index is 2.28. The highest BCUT2D eigenvalue weighted by atomic mass is 32.2. The van der Waals surface area contributed by atoms with Gasteiger partial charge in [-0.25, -0.2) is 4.79 Å². The molecule has 0 atom stereocenters. The number of anilines is 1. The van der Waals surface area contributed by atoms with Gasteiger partial charge < -0.3 is 10.1 Å². The molecule has 0 aliphatic carbocycles. The van der Waals surface area contributed by atoms with Crippen molar-refractivity contribution >= 4 is 21.9 Å². The molecule has 0 radical (unpaired) electrons. The van der Waals surface area contributed by atoms with Crippen LogP contribution < -0.4 is 10.0 Å². The van der Waals surface area contributed by atoms with E-state index < -0.39 is 16.2 Å². The van der Waals surface area contributed by atoms with Crippen LogP contribution in [-0.2, 0) is 14.9 Å². The summed E-state index contributed by atoms with van der Waals surface area (Å²) in [6, 6.07) is 4.91. The minimum absolute atomic E-state index is 0.205. The van der Waals surface area contributed by atoms with Crippen LogP contribution in [0.25, 0.3) is 0 Å². The first-order valence-electron chi connectivity index (χ1n) is 6.61. The van der Waals surface area contributed by atoms with Gasteiger partial charge in [0.2, 0.25) is 0 Å². The molecule has 0 spiro atoms. The Bertz CT molecular complexity index is 624. The monoisotopic (exact) mass is 313 g/mol. The highest BCUT2D eigenvalue weighted by molar-refractivity contribution is 7.90. The largest absolute Gasteiger partial charge is 0.465 e. The second-order valence-corrected chi connectivity index (χ2v) is 6.47. The molecule has 1 aromatic rings. The highest BCUT2D eigenvalue weighted by Gasteiger charge is 2.25. The number of ether oxygens (including phenoxy) is 1. The molecule has 0 unspecified atom stereocenters. The van der Waals surface area contributed by atoms with Gasteiger partial charge in [-0.1, -0.05) is 11.6 Å². The SMILES string of the molecule is COC(=O)c1cc(C)ccc1NS(=O)(=O)N1CCNCC1. The third kappa shape index (κ3) is 3.72. The summed E-state index contributed by atoms with van der Waals surface area (Å²) in [4.78, 5) is 11.8. The van der Waals surface area contributed by atoms with E-state index in [1.54, 1.807) is 18.2 Å². The number of carbonyl (C=O) groups is 1. The Morgan fingerprint density at radius 2 is 2.00 bits per heavy atom. The molecular weight excluding hydrogens is 294 g/mol. The first kappa shape index (κ1) is 15.7. The van der Waals surface area contributed by atoms with Crippen molar-refractivity contribution in [2.24, 2.45) is 0 Å². The molecule has 1 aliphatic heterocycles. The fourth-order valence-corrected chi connectivity index (χ4v) is 3.36. The lowest BCUT2D eigenvalue weighted by molar-refractivity contribution is 0.0602. The molecular formula is C13H19N3O4S. The molecule has 2 N–H and O–H groups in total. The number of nitrogens with zero attached hydrogens (tertiary/aromatic N) is 1. The van der Waals surface area contributed by atoms with E-state index in [2.05, 4.69) is 10.0 Å². The Morgan fingerprint density at radius 3 is 2.62 bits per heavy atom. The number of esters is 1. The number of carbonyl (C=O) groups excluding carboxylic acids is 1. The Morgan fingerprint density at radius 1 is 1.33 bits per heavy atom. The third-order valence-corrected chi connectivity index (χ3v) is 4.76. The summed E-state index contributed by atoms with van der Waals surface area (Å²) in [6.45, 7) is 3.84. The average molecular weight is 313 g/mol. The molecule has 0 saturated carbocycles. The lowest BCUT2D eigenvalue weighted by Crippen LogP contribution is -2.48. The van der Waals surface area contributed by atoms with Crippen LogP contribution in [0.3, 0.4) is 0 Å². The van der Waals surface area contributed by atoms with E-state index in [1.165, 1.54) is 11.4 Å². The average Bonchev–Trinajstić information content (AvgIpc) is 2.49. The Hall–Kier alpha value is -1.64. The van der Waals surface area contributed by atoms with E-state index in [9.17, 15) is 13.2 Å². The van der Waals surface area contributed by atoms with Gasteiger partial charge in [0.15, 0.2) is 0 Å². The van der Waals surface area contributed by atoms with Crippen LogP contribution in [0.2, 0.25) is 0 Å². The fourth-order valence-electron chi connectivity index (χ4n) is 2.11. The number of hydrogen-bond donors (Lipinski definition) is 2. The zero-order valence-electron chi connectivity index (χ0n) is 12.0. The number of rotatable bonds is 4. The van der Waals surface area contributed by atoms with E-state index in [4.69, 9.17) is 4.74 Å². The van der Waals surface area contributed by atoms with Crippen LogP contribution in [0.1, 0.15) is 15.9 Å². The van der Waals surface area contributed by atoms with Crippen molar-refractivity contribution in [2.45, 2.75) is 6.92 Å². The zero-order chi connectivity index (χ0) is 15.5. The molecule has 1 fully saturated rings. The second-order valence-electron chi connectivity index (χ2n) is 4.80. The normalized spacial score (nSPS) is 16.5. The third-order valence-electron chi connectivity index (χ3n) is 3.24. The van der Waals surface area contributed by atoms with Gasteiger partial charge in [0.05, 0.1) is 18.4 Å². The molecule has 1 saturated heterocycles. The Labute approximate surface area is 124 Å². The van der Waals surface area contributed by atoms with E-state index in [1.807, 2.05) is 6.92 Å². The summed E-state index contributed by atoms with van der Waals surface area (Å²) in [7, 11) is -2.41. The number of hydrogen-bond acceptors (Lipinski definition) is 5. The molecule has 7 nitrogen and oxygen atoms in total. The smallest absolute Gasteiger partial charge is 0.340 e. The van der Waals surface area contributed by atoms with Crippen molar-refractivity contribution in [1.82, 2.24) is 9.62 Å². The topological polar surface area (TPSA) is 87.7 Å². The maximum atomic E-state index is 12.3. The van der Waals surface area contributed by atoms with Gasteiger partial charge in [-0.3, -0.25) is 4.72 Å². The van der Waals surface area contributed by atoms with Crippen LogP contribution in [0.4, 0.5) is 5.69 Å². The maximum Gasteiger partial charge on any atom is 0.340 e. The summed E-state index contributed by atoms with van der Waals surface area (Å²) in [5.41, 5.74) is 1.28. The van der Waals surface area contributed by atoms with Gasteiger partial charge >= 0.3 is 16.2 Å². The molecule has 21 heavy (non-hydrogen) atoms. The molecule has 0 aromatic heterocycles. The van der Waals surface area contributed by atoms with Crippen LogP contribution in [0.15, 0.2) is 18.2 Å². The minimum atomic E-state index is -3.68. The van der Waals surface area contributed by atoms with Gasteiger partial charge in [-0.2, -0.15) is 12.7 Å². The first-order chi connectivity index (χ1) is 9.94. The lowest BCUT2D eigenvalue weighted by atomic mass is 10.1. The van der Waals surface area contributed by atoms with Gasteiger partial charge in [-0.15, -0.1) is 0 Å². The lowest BCUT2D eigenvalue weighted by Gasteiger charge is -2.27. The van der Waals surface area contributed by atoms with Gasteiger partial charge in [0, 0.05) is 26.2 Å². The molecule has 116 valence electrons. The van der Waals surface area contributed by atoms with E-state index >= 15 is 0 Å². The summed E-state index contributed by atoms with van der Waals surface area (Å²) in [5.74, 6) is -0.572.